The minimum atomic E-state index is -0.303. The van der Waals surface area contributed by atoms with Gasteiger partial charge in [-0.1, -0.05) is 78.2 Å². The van der Waals surface area contributed by atoms with Gasteiger partial charge in [-0.25, -0.2) is 4.79 Å². The highest BCUT2D eigenvalue weighted by atomic mass is 16.7. The summed E-state index contributed by atoms with van der Waals surface area (Å²) in [5.74, 6) is 2.17. The van der Waals surface area contributed by atoms with E-state index >= 15 is 0 Å². The van der Waals surface area contributed by atoms with Crippen LogP contribution in [0.3, 0.4) is 0 Å². The van der Waals surface area contributed by atoms with Crippen LogP contribution in [-0.2, 0) is 4.79 Å². The number of carbonyl (C=O) groups is 1. The Morgan fingerprint density at radius 2 is 1.41 bits per heavy atom. The summed E-state index contributed by atoms with van der Waals surface area (Å²) in [5, 5.41) is 0. The number of hydrogen-bond donors (Lipinski definition) is 0. The predicted octanol–water partition coefficient (Wildman–Crippen LogP) is 6.83. The van der Waals surface area contributed by atoms with Crippen LogP contribution in [0.2, 0.25) is 0 Å². The lowest BCUT2D eigenvalue weighted by Gasteiger charge is -2.15. The summed E-state index contributed by atoms with van der Waals surface area (Å²) in [7, 11) is 0. The molecule has 0 saturated carbocycles. The number of rotatable bonds is 14. The van der Waals surface area contributed by atoms with Gasteiger partial charge in [0.15, 0.2) is 0 Å². The molecule has 3 nitrogen and oxygen atoms in total. The second kappa shape index (κ2) is 13.6. The molecule has 0 spiro atoms. The molecular formula is C24H41NO2. The van der Waals surface area contributed by atoms with Crippen LogP contribution in [0, 0.1) is 17.8 Å². The smallest absolute Gasteiger partial charge is 0.332 e. The van der Waals surface area contributed by atoms with Crippen molar-refractivity contribution in [2.45, 2.75) is 92.4 Å². The first-order valence-corrected chi connectivity index (χ1v) is 10.9. The maximum Gasteiger partial charge on any atom is 0.356 e. The third kappa shape index (κ3) is 12.5. The van der Waals surface area contributed by atoms with Crippen LogP contribution in [-0.4, -0.2) is 10.7 Å². The first-order valence-electron chi connectivity index (χ1n) is 10.9. The van der Waals surface area contributed by atoms with Crippen LogP contribution in [0.4, 0.5) is 0 Å². The monoisotopic (exact) mass is 375 g/mol. The van der Waals surface area contributed by atoms with Crippen molar-refractivity contribution in [1.29, 1.82) is 0 Å². The zero-order chi connectivity index (χ0) is 20.1. The Bertz CT molecular complexity index is 531. The van der Waals surface area contributed by atoms with Crippen molar-refractivity contribution in [2.75, 3.05) is 0 Å². The van der Waals surface area contributed by atoms with Gasteiger partial charge in [-0.2, -0.15) is 4.73 Å². The molecular weight excluding hydrogens is 334 g/mol. The lowest BCUT2D eigenvalue weighted by atomic mass is 9.91. The average Bonchev–Trinajstić information content (AvgIpc) is 3.07. The third-order valence-corrected chi connectivity index (χ3v) is 5.28. The molecule has 1 aromatic rings. The zero-order valence-electron chi connectivity index (χ0n) is 18.2. The molecule has 2 atom stereocenters. The molecule has 0 amide bonds. The van der Waals surface area contributed by atoms with Crippen LogP contribution < -0.4 is 4.84 Å². The Kier molecular flexibility index (Phi) is 11.9. The maximum absolute atomic E-state index is 11.8. The van der Waals surface area contributed by atoms with E-state index in [0.717, 1.165) is 36.2 Å². The normalized spacial score (nSPS) is 14.4. The van der Waals surface area contributed by atoms with Crippen molar-refractivity contribution in [3.63, 3.8) is 0 Å². The highest BCUT2D eigenvalue weighted by Gasteiger charge is 2.07. The van der Waals surface area contributed by atoms with Gasteiger partial charge in [0.25, 0.3) is 0 Å². The summed E-state index contributed by atoms with van der Waals surface area (Å²) >= 11 is 0. The molecule has 1 rings (SSSR count). The molecule has 1 aromatic heterocycles. The summed E-state index contributed by atoms with van der Waals surface area (Å²) in [6, 6.07) is 3.66. The molecule has 0 radical (unpaired) electrons. The number of hydrogen-bond acceptors (Lipinski definition) is 2. The molecule has 1 heterocycles. The summed E-state index contributed by atoms with van der Waals surface area (Å²) in [5.41, 5.74) is 1.10. The maximum atomic E-state index is 11.8. The lowest BCUT2D eigenvalue weighted by Crippen LogP contribution is -2.16. The molecule has 154 valence electrons. The molecule has 0 aliphatic heterocycles. The second-order valence-electron chi connectivity index (χ2n) is 8.80. The van der Waals surface area contributed by atoms with Gasteiger partial charge in [0.1, 0.15) is 0 Å². The van der Waals surface area contributed by atoms with E-state index < -0.39 is 0 Å². The minimum absolute atomic E-state index is 0.303. The quantitative estimate of drug-likeness (QED) is 0.334. The standard InChI is InChI=1S/C24H41NO2/c1-20(2)11-8-12-21(3)13-9-14-22(4)15-10-16-23(5)19-24(26)27-25-17-6-7-18-25/h6-7,17-22H,8-16H2,1-5H3/b23-19+/t21-,22-/m1/s1. The van der Waals surface area contributed by atoms with E-state index in [1.165, 1.54) is 49.7 Å². The molecule has 0 aromatic carbocycles. The van der Waals surface area contributed by atoms with Gasteiger partial charge in [-0.05, 0) is 49.7 Å². The van der Waals surface area contributed by atoms with Gasteiger partial charge in [0, 0.05) is 18.5 Å². The average molecular weight is 376 g/mol. The van der Waals surface area contributed by atoms with Crippen LogP contribution in [0.15, 0.2) is 36.2 Å². The van der Waals surface area contributed by atoms with Crippen LogP contribution in [0.1, 0.15) is 92.4 Å². The molecule has 3 heteroatoms. The van der Waals surface area contributed by atoms with Crippen LogP contribution in [0.25, 0.3) is 0 Å². The van der Waals surface area contributed by atoms with Gasteiger partial charge in [0.2, 0.25) is 0 Å². The molecule has 0 N–H and O–H groups in total. The molecule has 0 bridgehead atoms. The van der Waals surface area contributed by atoms with Crippen LogP contribution in [0.5, 0.6) is 0 Å². The first-order chi connectivity index (χ1) is 12.9. The van der Waals surface area contributed by atoms with Gasteiger partial charge < -0.3 is 4.84 Å². The third-order valence-electron chi connectivity index (χ3n) is 5.28. The Hall–Kier alpha value is -1.51. The lowest BCUT2D eigenvalue weighted by molar-refractivity contribution is -0.138. The minimum Gasteiger partial charge on any atom is -0.332 e. The fourth-order valence-electron chi connectivity index (χ4n) is 3.49. The van der Waals surface area contributed by atoms with Crippen molar-refractivity contribution in [3.8, 4) is 0 Å². The Morgan fingerprint density at radius 3 is 1.96 bits per heavy atom. The summed E-state index contributed by atoms with van der Waals surface area (Å²) in [6.07, 6.45) is 16.6. The topological polar surface area (TPSA) is 31.2 Å². The van der Waals surface area contributed by atoms with Crippen molar-refractivity contribution >= 4 is 5.97 Å². The van der Waals surface area contributed by atoms with Crippen molar-refractivity contribution in [3.05, 3.63) is 36.2 Å². The highest BCUT2D eigenvalue weighted by molar-refractivity contribution is 5.82. The number of allylic oxidation sites excluding steroid dienone is 1. The molecule has 0 aliphatic rings. The van der Waals surface area contributed by atoms with E-state index in [1.807, 2.05) is 19.1 Å². The first kappa shape index (κ1) is 23.5. The van der Waals surface area contributed by atoms with Gasteiger partial charge >= 0.3 is 5.97 Å². The fraction of sp³-hybridized carbons (Fsp3) is 0.708. The summed E-state index contributed by atoms with van der Waals surface area (Å²) in [4.78, 5) is 17.0. The van der Waals surface area contributed by atoms with Crippen molar-refractivity contribution in [2.24, 2.45) is 17.8 Å². The van der Waals surface area contributed by atoms with E-state index in [9.17, 15) is 4.79 Å². The summed E-state index contributed by atoms with van der Waals surface area (Å²) in [6.45, 7) is 11.4. The second-order valence-corrected chi connectivity index (χ2v) is 8.80. The van der Waals surface area contributed by atoms with Gasteiger partial charge in [-0.15, -0.1) is 0 Å². The van der Waals surface area contributed by atoms with Crippen molar-refractivity contribution < 1.29 is 9.63 Å². The molecule has 0 saturated heterocycles. The van der Waals surface area contributed by atoms with Gasteiger partial charge in [-0.3, -0.25) is 0 Å². The Morgan fingerprint density at radius 1 is 0.889 bits per heavy atom. The zero-order valence-corrected chi connectivity index (χ0v) is 18.2. The number of carbonyl (C=O) groups excluding carboxylic acids is 1. The van der Waals surface area contributed by atoms with E-state index in [1.54, 1.807) is 18.5 Å². The van der Waals surface area contributed by atoms with Gasteiger partial charge in [0.05, 0.1) is 0 Å². The fourth-order valence-corrected chi connectivity index (χ4v) is 3.49. The summed E-state index contributed by atoms with van der Waals surface area (Å²) < 4.78 is 1.43. The number of nitrogens with zero attached hydrogens (tertiary/aromatic N) is 1. The highest BCUT2D eigenvalue weighted by Crippen LogP contribution is 2.22. The molecule has 0 aliphatic carbocycles. The van der Waals surface area contributed by atoms with E-state index in [0.29, 0.717) is 0 Å². The van der Waals surface area contributed by atoms with E-state index in [2.05, 4.69) is 27.7 Å². The number of aromatic nitrogens is 1. The molecule has 27 heavy (non-hydrogen) atoms. The predicted molar refractivity (Wildman–Crippen MR) is 114 cm³/mol. The van der Waals surface area contributed by atoms with Crippen LogP contribution >= 0.6 is 0 Å². The Balaban J connectivity index is 2.09. The molecule has 0 fully saturated rings. The molecule has 0 unspecified atom stereocenters. The Labute approximate surface area is 167 Å². The largest absolute Gasteiger partial charge is 0.356 e. The van der Waals surface area contributed by atoms with E-state index in [-0.39, 0.29) is 5.97 Å². The van der Waals surface area contributed by atoms with E-state index in [4.69, 9.17) is 4.84 Å². The van der Waals surface area contributed by atoms with Crippen molar-refractivity contribution in [1.82, 2.24) is 4.73 Å². The SMILES string of the molecule is C/C(=C\C(=O)On1cccc1)CCC[C@H](C)CCC[C@H](C)CCCC(C)C.